The number of rotatable bonds is 2. The summed E-state index contributed by atoms with van der Waals surface area (Å²) in [5.74, 6) is 1.09. The molecule has 1 saturated carbocycles. The second-order valence-corrected chi connectivity index (χ2v) is 6.64. The molecular weight excluding hydrogens is 302 g/mol. The van der Waals surface area contributed by atoms with Gasteiger partial charge in [-0.15, -0.1) is 0 Å². The zero-order valence-electron chi connectivity index (χ0n) is 13.4. The highest BCUT2D eigenvalue weighted by molar-refractivity contribution is 5.89. The van der Waals surface area contributed by atoms with Crippen LogP contribution in [0.25, 0.3) is 0 Å². The van der Waals surface area contributed by atoms with Crippen molar-refractivity contribution < 1.29 is 14.6 Å². The number of para-hydroxylation sites is 2. The highest BCUT2D eigenvalue weighted by Gasteiger charge is 2.34. The molecule has 2 atom stereocenters. The van der Waals surface area contributed by atoms with Gasteiger partial charge in [0.15, 0.2) is 0 Å². The van der Waals surface area contributed by atoms with Crippen molar-refractivity contribution in [3.05, 3.63) is 59.7 Å². The molecule has 24 heavy (non-hydrogen) atoms. The van der Waals surface area contributed by atoms with Crippen LogP contribution in [0.1, 0.15) is 42.7 Å². The average molecular weight is 323 g/mol. The molecule has 0 saturated heterocycles. The van der Waals surface area contributed by atoms with Gasteiger partial charge in [0.25, 0.3) is 0 Å². The van der Waals surface area contributed by atoms with Crippen molar-refractivity contribution in [3.63, 3.8) is 0 Å². The first-order valence-electron chi connectivity index (χ1n) is 8.56. The lowest BCUT2D eigenvalue weighted by molar-refractivity contribution is -0.123. The maximum Gasteiger partial charge on any atom is 0.232 e. The van der Waals surface area contributed by atoms with Crippen molar-refractivity contribution in [1.82, 2.24) is 5.32 Å². The molecule has 1 fully saturated rings. The fourth-order valence-corrected chi connectivity index (χ4v) is 3.77. The summed E-state index contributed by atoms with van der Waals surface area (Å²) in [7, 11) is 0. The molecule has 0 unspecified atom stereocenters. The SMILES string of the molecule is O=C(N[C@@H]1CCC[C@@H](O)C1)C1c2ccccc2Oc2ccccc21. The minimum absolute atomic E-state index is 0.0164. The van der Waals surface area contributed by atoms with Gasteiger partial charge in [-0.3, -0.25) is 4.79 Å². The van der Waals surface area contributed by atoms with Gasteiger partial charge in [-0.25, -0.2) is 0 Å². The molecule has 1 amide bonds. The zero-order chi connectivity index (χ0) is 16.5. The molecule has 124 valence electrons. The summed E-state index contributed by atoms with van der Waals surface area (Å²) in [4.78, 5) is 13.1. The van der Waals surface area contributed by atoms with Gasteiger partial charge in [0.1, 0.15) is 11.5 Å². The molecule has 0 bridgehead atoms. The van der Waals surface area contributed by atoms with Crippen molar-refractivity contribution in [3.8, 4) is 11.5 Å². The summed E-state index contributed by atoms with van der Waals surface area (Å²) in [5, 5.41) is 13.0. The highest BCUT2D eigenvalue weighted by Crippen LogP contribution is 2.44. The number of aliphatic hydroxyl groups is 1. The molecule has 2 aliphatic rings. The van der Waals surface area contributed by atoms with Crippen LogP contribution in [-0.4, -0.2) is 23.2 Å². The van der Waals surface area contributed by atoms with Gasteiger partial charge in [0.05, 0.1) is 12.0 Å². The fraction of sp³-hybridized carbons (Fsp3) is 0.350. The number of carbonyl (C=O) groups excluding carboxylic acids is 1. The van der Waals surface area contributed by atoms with Crippen LogP contribution >= 0.6 is 0 Å². The van der Waals surface area contributed by atoms with E-state index < -0.39 is 0 Å². The Kier molecular flexibility index (Phi) is 3.98. The summed E-state index contributed by atoms with van der Waals surface area (Å²) >= 11 is 0. The topological polar surface area (TPSA) is 58.6 Å². The van der Waals surface area contributed by atoms with Crippen molar-refractivity contribution in [1.29, 1.82) is 0 Å². The van der Waals surface area contributed by atoms with Gasteiger partial charge in [-0.2, -0.15) is 0 Å². The summed E-state index contributed by atoms with van der Waals surface area (Å²) < 4.78 is 5.94. The highest BCUT2D eigenvalue weighted by atomic mass is 16.5. The monoisotopic (exact) mass is 323 g/mol. The lowest BCUT2D eigenvalue weighted by Gasteiger charge is -2.31. The summed E-state index contributed by atoms with van der Waals surface area (Å²) in [6.45, 7) is 0. The third-order valence-corrected chi connectivity index (χ3v) is 4.94. The molecule has 1 aliphatic heterocycles. The van der Waals surface area contributed by atoms with Crippen molar-refractivity contribution in [2.75, 3.05) is 0 Å². The number of hydrogen-bond acceptors (Lipinski definition) is 3. The Bertz CT molecular complexity index is 713. The molecule has 1 heterocycles. The van der Waals surface area contributed by atoms with E-state index in [1.807, 2.05) is 48.5 Å². The van der Waals surface area contributed by atoms with Gasteiger partial charge in [-0.05, 0) is 37.8 Å². The van der Waals surface area contributed by atoms with Gasteiger partial charge >= 0.3 is 0 Å². The lowest BCUT2D eigenvalue weighted by atomic mass is 9.86. The standard InChI is InChI=1S/C20H21NO3/c22-14-7-5-6-13(12-14)21-20(23)19-15-8-1-3-10-17(15)24-18-11-4-2-9-16(18)19/h1-4,8-11,13-14,19,22H,5-7,12H2,(H,21,23)/t13-,14-/m1/s1. The number of carbonyl (C=O) groups is 1. The predicted molar refractivity (Wildman–Crippen MR) is 91.2 cm³/mol. The molecule has 4 nitrogen and oxygen atoms in total. The van der Waals surface area contributed by atoms with Crippen LogP contribution in [0.2, 0.25) is 0 Å². The molecular formula is C20H21NO3. The zero-order valence-corrected chi connectivity index (χ0v) is 13.4. The fourth-order valence-electron chi connectivity index (χ4n) is 3.77. The van der Waals surface area contributed by atoms with E-state index in [2.05, 4.69) is 5.32 Å². The van der Waals surface area contributed by atoms with Crippen LogP contribution in [0, 0.1) is 0 Å². The first kappa shape index (κ1) is 15.2. The molecule has 0 spiro atoms. The molecule has 2 aromatic carbocycles. The van der Waals surface area contributed by atoms with Gasteiger partial charge in [0.2, 0.25) is 5.91 Å². The van der Waals surface area contributed by atoms with E-state index in [1.165, 1.54) is 0 Å². The number of fused-ring (bicyclic) bond motifs is 2. The first-order valence-corrected chi connectivity index (χ1v) is 8.56. The molecule has 0 radical (unpaired) electrons. The number of benzene rings is 2. The Morgan fingerprint density at radius 1 is 1.00 bits per heavy atom. The van der Waals surface area contributed by atoms with E-state index >= 15 is 0 Å². The summed E-state index contributed by atoms with van der Waals surface area (Å²) in [6.07, 6.45) is 3.04. The Morgan fingerprint density at radius 2 is 1.62 bits per heavy atom. The second kappa shape index (κ2) is 6.29. The number of aliphatic hydroxyl groups excluding tert-OH is 1. The first-order chi connectivity index (χ1) is 11.7. The van der Waals surface area contributed by atoms with Crippen molar-refractivity contribution >= 4 is 5.91 Å². The molecule has 4 rings (SSSR count). The minimum Gasteiger partial charge on any atom is -0.457 e. The quantitative estimate of drug-likeness (QED) is 0.891. The maximum atomic E-state index is 13.1. The van der Waals surface area contributed by atoms with E-state index in [1.54, 1.807) is 0 Å². The smallest absolute Gasteiger partial charge is 0.232 e. The molecule has 2 aromatic rings. The van der Waals surface area contributed by atoms with Gasteiger partial charge in [0, 0.05) is 17.2 Å². The van der Waals surface area contributed by atoms with E-state index in [4.69, 9.17) is 4.74 Å². The average Bonchev–Trinajstić information content (AvgIpc) is 2.59. The Balaban J connectivity index is 1.65. The third-order valence-electron chi connectivity index (χ3n) is 4.94. The maximum absolute atomic E-state index is 13.1. The van der Waals surface area contributed by atoms with Gasteiger partial charge < -0.3 is 15.2 Å². The van der Waals surface area contributed by atoms with Crippen LogP contribution in [0.3, 0.4) is 0 Å². The molecule has 0 aromatic heterocycles. The normalized spacial score (nSPS) is 22.9. The number of amides is 1. The summed E-state index contributed by atoms with van der Waals surface area (Å²) in [6, 6.07) is 15.4. The largest absolute Gasteiger partial charge is 0.457 e. The Labute approximate surface area is 141 Å². The van der Waals surface area contributed by atoms with Crippen LogP contribution in [-0.2, 0) is 4.79 Å². The Hall–Kier alpha value is -2.33. The van der Waals surface area contributed by atoms with E-state index in [0.29, 0.717) is 6.42 Å². The third kappa shape index (κ3) is 2.78. The van der Waals surface area contributed by atoms with E-state index in [9.17, 15) is 9.90 Å². The van der Waals surface area contributed by atoms with Crippen molar-refractivity contribution in [2.45, 2.75) is 43.7 Å². The molecule has 2 N–H and O–H groups in total. The van der Waals surface area contributed by atoms with E-state index in [0.717, 1.165) is 41.9 Å². The minimum atomic E-state index is -0.370. The van der Waals surface area contributed by atoms with Gasteiger partial charge in [-0.1, -0.05) is 36.4 Å². The number of nitrogens with one attached hydrogen (secondary N) is 1. The van der Waals surface area contributed by atoms with Crippen LogP contribution in [0.15, 0.2) is 48.5 Å². The van der Waals surface area contributed by atoms with Crippen LogP contribution in [0.4, 0.5) is 0 Å². The van der Waals surface area contributed by atoms with E-state index in [-0.39, 0.29) is 24.0 Å². The predicted octanol–water partition coefficient (Wildman–Crippen LogP) is 3.34. The molecule has 4 heteroatoms. The molecule has 1 aliphatic carbocycles. The number of ether oxygens (including phenoxy) is 1. The summed E-state index contributed by atoms with van der Waals surface area (Å²) in [5.41, 5.74) is 1.79. The lowest BCUT2D eigenvalue weighted by Crippen LogP contribution is -2.42. The Morgan fingerprint density at radius 3 is 2.25 bits per heavy atom. The van der Waals surface area contributed by atoms with Crippen LogP contribution < -0.4 is 10.1 Å². The van der Waals surface area contributed by atoms with Crippen LogP contribution in [0.5, 0.6) is 11.5 Å². The van der Waals surface area contributed by atoms with Crippen molar-refractivity contribution in [2.24, 2.45) is 0 Å². The second-order valence-electron chi connectivity index (χ2n) is 6.64. The number of hydrogen-bond donors (Lipinski definition) is 2.